The lowest BCUT2D eigenvalue weighted by Crippen LogP contribution is -2.39. The van der Waals surface area contributed by atoms with Crippen LogP contribution in [0.25, 0.3) is 0 Å². The number of allylic oxidation sites excluding steroid dienone is 2. The zero-order valence-corrected chi connectivity index (χ0v) is 13.8. The number of carbonyl (C=O) groups excluding carboxylic acids is 1. The second kappa shape index (κ2) is 6.51. The first-order valence-electron chi connectivity index (χ1n) is 9.35. The first kappa shape index (κ1) is 15.0. The molecule has 0 aliphatic heterocycles. The van der Waals surface area contributed by atoms with Crippen LogP contribution in [0.1, 0.15) is 56.6 Å². The number of hydrogen-bond donors (Lipinski definition) is 1. The standard InChI is InChI=1S/C21H27NO/c23-21(19-14-15-11-12-18(19)13-15)22-20(16-7-3-1-4-8-16)17-9-5-2-6-10-17/h1,3-4,7-8,11-12,15,17-20H,2,5-6,9-10,13-14H2,(H,22,23)/t15-,18-,19-,20+/m0/s1. The lowest BCUT2D eigenvalue weighted by molar-refractivity contribution is -0.127. The van der Waals surface area contributed by atoms with Crippen LogP contribution in [-0.4, -0.2) is 5.91 Å². The van der Waals surface area contributed by atoms with E-state index in [1.807, 2.05) is 0 Å². The van der Waals surface area contributed by atoms with Gasteiger partial charge in [0.1, 0.15) is 0 Å². The summed E-state index contributed by atoms with van der Waals surface area (Å²) in [5.41, 5.74) is 1.28. The Kier molecular flexibility index (Phi) is 4.24. The predicted octanol–water partition coefficient (Wildman–Crippen LogP) is 4.64. The highest BCUT2D eigenvalue weighted by Gasteiger charge is 2.40. The van der Waals surface area contributed by atoms with Crippen molar-refractivity contribution in [3.8, 4) is 0 Å². The van der Waals surface area contributed by atoms with E-state index in [9.17, 15) is 4.79 Å². The molecule has 4 rings (SSSR count). The maximum atomic E-state index is 12.9. The Bertz CT molecular complexity index is 573. The average Bonchev–Trinajstić information content (AvgIpc) is 3.24. The van der Waals surface area contributed by atoms with E-state index in [-0.39, 0.29) is 12.0 Å². The van der Waals surface area contributed by atoms with Crippen molar-refractivity contribution in [2.45, 2.75) is 51.0 Å². The van der Waals surface area contributed by atoms with Crippen molar-refractivity contribution in [3.63, 3.8) is 0 Å². The van der Waals surface area contributed by atoms with Crippen LogP contribution in [0.15, 0.2) is 42.5 Å². The molecular weight excluding hydrogens is 282 g/mol. The molecule has 0 spiro atoms. The number of rotatable bonds is 4. The zero-order chi connectivity index (χ0) is 15.6. The predicted molar refractivity (Wildman–Crippen MR) is 92.7 cm³/mol. The SMILES string of the molecule is O=C(N[C@H](c1ccccc1)C1CCCCC1)[C@H]1C[C@H]2C=C[C@H]1C2. The van der Waals surface area contributed by atoms with Gasteiger partial charge in [-0.25, -0.2) is 0 Å². The van der Waals surface area contributed by atoms with Crippen molar-refractivity contribution in [2.24, 2.45) is 23.7 Å². The number of carbonyl (C=O) groups is 1. The largest absolute Gasteiger partial charge is 0.349 e. The van der Waals surface area contributed by atoms with Crippen molar-refractivity contribution in [1.82, 2.24) is 5.32 Å². The van der Waals surface area contributed by atoms with Gasteiger partial charge in [-0.05, 0) is 49.0 Å². The van der Waals surface area contributed by atoms with Gasteiger partial charge in [0.25, 0.3) is 0 Å². The van der Waals surface area contributed by atoms with Crippen LogP contribution in [0.5, 0.6) is 0 Å². The van der Waals surface area contributed by atoms with E-state index in [0.717, 1.165) is 6.42 Å². The fraction of sp³-hybridized carbons (Fsp3) is 0.571. The van der Waals surface area contributed by atoms with Crippen molar-refractivity contribution in [1.29, 1.82) is 0 Å². The Balaban J connectivity index is 1.51. The van der Waals surface area contributed by atoms with Crippen molar-refractivity contribution in [3.05, 3.63) is 48.0 Å². The normalized spacial score (nSPS) is 31.2. The number of nitrogens with one attached hydrogen (secondary N) is 1. The van der Waals surface area contributed by atoms with Crippen molar-refractivity contribution < 1.29 is 4.79 Å². The summed E-state index contributed by atoms with van der Waals surface area (Å²) in [7, 11) is 0. The Morgan fingerprint density at radius 1 is 1.00 bits per heavy atom. The van der Waals surface area contributed by atoms with Crippen LogP contribution in [0.2, 0.25) is 0 Å². The van der Waals surface area contributed by atoms with E-state index >= 15 is 0 Å². The fourth-order valence-electron chi connectivity index (χ4n) is 4.94. The summed E-state index contributed by atoms with van der Waals surface area (Å²) >= 11 is 0. The molecule has 1 N–H and O–H groups in total. The average molecular weight is 309 g/mol. The van der Waals surface area contributed by atoms with Crippen LogP contribution < -0.4 is 5.32 Å². The third-order valence-corrected chi connectivity index (χ3v) is 6.19. The third-order valence-electron chi connectivity index (χ3n) is 6.19. The van der Waals surface area contributed by atoms with Crippen LogP contribution in [0.4, 0.5) is 0 Å². The van der Waals surface area contributed by atoms with E-state index in [2.05, 4.69) is 47.8 Å². The molecule has 2 heteroatoms. The molecular formula is C21H27NO. The molecule has 2 fully saturated rings. The number of benzene rings is 1. The minimum absolute atomic E-state index is 0.201. The lowest BCUT2D eigenvalue weighted by atomic mass is 9.80. The highest BCUT2D eigenvalue weighted by atomic mass is 16.2. The highest BCUT2D eigenvalue weighted by Crippen LogP contribution is 2.44. The van der Waals surface area contributed by atoms with E-state index in [1.165, 1.54) is 44.1 Å². The Morgan fingerprint density at radius 2 is 1.78 bits per heavy atom. The topological polar surface area (TPSA) is 29.1 Å². The molecule has 3 aliphatic rings. The van der Waals surface area contributed by atoms with E-state index in [1.54, 1.807) is 0 Å². The third kappa shape index (κ3) is 3.08. The van der Waals surface area contributed by atoms with Crippen LogP contribution >= 0.6 is 0 Å². The molecule has 0 saturated heterocycles. The molecule has 0 radical (unpaired) electrons. The lowest BCUT2D eigenvalue weighted by Gasteiger charge is -2.32. The molecule has 122 valence electrons. The van der Waals surface area contributed by atoms with Gasteiger partial charge in [0.2, 0.25) is 5.91 Å². The van der Waals surface area contributed by atoms with Gasteiger partial charge in [-0.3, -0.25) is 4.79 Å². The molecule has 0 unspecified atom stereocenters. The summed E-state index contributed by atoms with van der Waals surface area (Å²) < 4.78 is 0. The van der Waals surface area contributed by atoms with Gasteiger partial charge < -0.3 is 5.32 Å². The van der Waals surface area contributed by atoms with E-state index in [0.29, 0.717) is 23.7 Å². The quantitative estimate of drug-likeness (QED) is 0.807. The summed E-state index contributed by atoms with van der Waals surface area (Å²) in [6, 6.07) is 10.8. The second-order valence-electron chi connectivity index (χ2n) is 7.68. The molecule has 1 amide bonds. The molecule has 4 atom stereocenters. The minimum atomic E-state index is 0.201. The van der Waals surface area contributed by atoms with Gasteiger partial charge in [0.15, 0.2) is 0 Å². The van der Waals surface area contributed by atoms with Crippen molar-refractivity contribution in [2.75, 3.05) is 0 Å². The van der Waals surface area contributed by atoms with Gasteiger partial charge in [0.05, 0.1) is 6.04 Å². The Labute approximate surface area is 139 Å². The summed E-state index contributed by atoms with van der Waals surface area (Å²) in [4.78, 5) is 12.9. The number of hydrogen-bond acceptors (Lipinski definition) is 1. The Hall–Kier alpha value is -1.57. The van der Waals surface area contributed by atoms with Gasteiger partial charge in [-0.1, -0.05) is 61.7 Å². The first-order chi connectivity index (χ1) is 11.3. The monoisotopic (exact) mass is 309 g/mol. The minimum Gasteiger partial charge on any atom is -0.349 e. The van der Waals surface area contributed by atoms with Gasteiger partial charge in [-0.15, -0.1) is 0 Å². The second-order valence-corrected chi connectivity index (χ2v) is 7.68. The van der Waals surface area contributed by atoms with Crippen LogP contribution in [0.3, 0.4) is 0 Å². The maximum absolute atomic E-state index is 12.9. The summed E-state index contributed by atoms with van der Waals surface area (Å²) in [6.45, 7) is 0. The molecule has 0 aromatic heterocycles. The van der Waals surface area contributed by atoms with E-state index < -0.39 is 0 Å². The van der Waals surface area contributed by atoms with Crippen LogP contribution in [0, 0.1) is 23.7 Å². The Morgan fingerprint density at radius 3 is 2.43 bits per heavy atom. The van der Waals surface area contributed by atoms with Gasteiger partial charge >= 0.3 is 0 Å². The molecule has 0 heterocycles. The van der Waals surface area contributed by atoms with Crippen LogP contribution in [-0.2, 0) is 4.79 Å². The molecule has 2 nitrogen and oxygen atoms in total. The molecule has 23 heavy (non-hydrogen) atoms. The molecule has 1 aromatic carbocycles. The summed E-state index contributed by atoms with van der Waals surface area (Å²) in [6.07, 6.45) is 13.3. The molecule has 2 saturated carbocycles. The maximum Gasteiger partial charge on any atom is 0.224 e. The summed E-state index contributed by atoms with van der Waals surface area (Å²) in [5, 5.41) is 3.46. The van der Waals surface area contributed by atoms with Crippen molar-refractivity contribution >= 4 is 5.91 Å². The molecule has 2 bridgehead atoms. The molecule has 3 aliphatic carbocycles. The molecule has 1 aromatic rings. The van der Waals surface area contributed by atoms with Gasteiger partial charge in [0, 0.05) is 5.92 Å². The summed E-state index contributed by atoms with van der Waals surface area (Å²) in [5.74, 6) is 2.24. The first-order valence-corrected chi connectivity index (χ1v) is 9.35. The number of fused-ring (bicyclic) bond motifs is 2. The number of amides is 1. The highest BCUT2D eigenvalue weighted by molar-refractivity contribution is 5.80. The van der Waals surface area contributed by atoms with E-state index in [4.69, 9.17) is 0 Å². The van der Waals surface area contributed by atoms with Gasteiger partial charge in [-0.2, -0.15) is 0 Å². The smallest absolute Gasteiger partial charge is 0.224 e. The fourth-order valence-corrected chi connectivity index (χ4v) is 4.94. The zero-order valence-electron chi connectivity index (χ0n) is 13.8.